The molecule has 0 bridgehead atoms. The number of hydrogen-bond donors (Lipinski definition) is 1. The van der Waals surface area contributed by atoms with E-state index in [1.54, 1.807) is 0 Å². The number of nitrogens with zero attached hydrogens (tertiary/aromatic N) is 1. The van der Waals surface area contributed by atoms with E-state index >= 15 is 0 Å². The third-order valence-corrected chi connectivity index (χ3v) is 3.84. The van der Waals surface area contributed by atoms with Crippen molar-refractivity contribution in [2.24, 2.45) is 0 Å². The highest BCUT2D eigenvalue weighted by Gasteiger charge is 2.38. The molecular weight excluding hydrogens is 212 g/mol. The molecule has 0 spiro atoms. The molecule has 1 atom stereocenters. The van der Waals surface area contributed by atoms with E-state index in [2.05, 4.69) is 41.4 Å². The Hall–Kier alpha value is -1.35. The second-order valence-electron chi connectivity index (χ2n) is 5.08. The SMILES string of the molecule is Cc1cccc(C2NCC(=O)N2C2CCC2)c1. The molecule has 0 aromatic heterocycles. The third kappa shape index (κ3) is 1.84. The highest BCUT2D eigenvalue weighted by molar-refractivity contribution is 5.81. The van der Waals surface area contributed by atoms with Crippen LogP contribution in [0, 0.1) is 6.92 Å². The molecule has 1 aromatic rings. The van der Waals surface area contributed by atoms with E-state index in [1.807, 2.05) is 0 Å². The zero-order valence-electron chi connectivity index (χ0n) is 10.1. The van der Waals surface area contributed by atoms with Crippen molar-refractivity contribution >= 4 is 5.91 Å². The van der Waals surface area contributed by atoms with Crippen LogP contribution in [0.1, 0.15) is 36.6 Å². The summed E-state index contributed by atoms with van der Waals surface area (Å²) in [4.78, 5) is 14.0. The molecule has 1 aliphatic carbocycles. The van der Waals surface area contributed by atoms with Crippen LogP contribution >= 0.6 is 0 Å². The van der Waals surface area contributed by atoms with Crippen LogP contribution in [0.5, 0.6) is 0 Å². The molecule has 1 unspecified atom stereocenters. The molecule has 1 N–H and O–H groups in total. The van der Waals surface area contributed by atoms with Gasteiger partial charge in [0.2, 0.25) is 5.91 Å². The normalized spacial score (nSPS) is 25.1. The van der Waals surface area contributed by atoms with Gasteiger partial charge in [0, 0.05) is 6.04 Å². The molecule has 1 aliphatic heterocycles. The minimum atomic E-state index is 0.0905. The van der Waals surface area contributed by atoms with E-state index in [0.29, 0.717) is 12.6 Å². The lowest BCUT2D eigenvalue weighted by molar-refractivity contribution is -0.132. The van der Waals surface area contributed by atoms with Crippen molar-refractivity contribution in [1.29, 1.82) is 0 Å². The van der Waals surface area contributed by atoms with E-state index in [0.717, 1.165) is 12.8 Å². The summed E-state index contributed by atoms with van der Waals surface area (Å²) in [7, 11) is 0. The number of carbonyl (C=O) groups excluding carboxylic acids is 1. The summed E-state index contributed by atoms with van der Waals surface area (Å²) >= 11 is 0. The lowest BCUT2D eigenvalue weighted by atomic mass is 9.90. The molecule has 17 heavy (non-hydrogen) atoms. The highest BCUT2D eigenvalue weighted by Crippen LogP contribution is 2.33. The number of hydrogen-bond acceptors (Lipinski definition) is 2. The molecule has 2 fully saturated rings. The van der Waals surface area contributed by atoms with Crippen LogP contribution in [0.15, 0.2) is 24.3 Å². The number of nitrogens with one attached hydrogen (secondary N) is 1. The van der Waals surface area contributed by atoms with Crippen LogP contribution in [0.2, 0.25) is 0 Å². The molecule has 1 heterocycles. The molecule has 1 saturated carbocycles. The van der Waals surface area contributed by atoms with E-state index in [9.17, 15) is 4.79 Å². The van der Waals surface area contributed by atoms with Crippen LogP contribution in [0.25, 0.3) is 0 Å². The summed E-state index contributed by atoms with van der Waals surface area (Å²) in [6, 6.07) is 8.89. The Balaban J connectivity index is 1.88. The molecule has 3 rings (SSSR count). The molecule has 0 radical (unpaired) electrons. The zero-order valence-corrected chi connectivity index (χ0v) is 10.1. The first-order chi connectivity index (χ1) is 8.25. The first-order valence-electron chi connectivity index (χ1n) is 6.37. The van der Waals surface area contributed by atoms with Gasteiger partial charge in [-0.25, -0.2) is 0 Å². The molecule has 1 saturated heterocycles. The predicted molar refractivity (Wildman–Crippen MR) is 66.4 cm³/mol. The van der Waals surface area contributed by atoms with E-state index < -0.39 is 0 Å². The van der Waals surface area contributed by atoms with Gasteiger partial charge in [-0.3, -0.25) is 10.1 Å². The van der Waals surface area contributed by atoms with Gasteiger partial charge in [0.25, 0.3) is 0 Å². The molecule has 1 amide bonds. The number of carbonyl (C=O) groups is 1. The largest absolute Gasteiger partial charge is 0.319 e. The highest BCUT2D eigenvalue weighted by atomic mass is 16.2. The van der Waals surface area contributed by atoms with Crippen molar-refractivity contribution in [1.82, 2.24) is 10.2 Å². The van der Waals surface area contributed by atoms with E-state index in [-0.39, 0.29) is 12.1 Å². The third-order valence-electron chi connectivity index (χ3n) is 3.84. The van der Waals surface area contributed by atoms with Crippen LogP contribution in [-0.2, 0) is 4.79 Å². The predicted octanol–water partition coefficient (Wildman–Crippen LogP) is 1.98. The minimum absolute atomic E-state index is 0.0905. The van der Waals surface area contributed by atoms with Gasteiger partial charge < -0.3 is 4.90 Å². The van der Waals surface area contributed by atoms with Gasteiger partial charge in [-0.15, -0.1) is 0 Å². The maximum Gasteiger partial charge on any atom is 0.238 e. The van der Waals surface area contributed by atoms with Gasteiger partial charge in [0.1, 0.15) is 6.17 Å². The molecule has 3 heteroatoms. The van der Waals surface area contributed by atoms with Gasteiger partial charge in [-0.1, -0.05) is 29.8 Å². The van der Waals surface area contributed by atoms with Crippen LogP contribution in [-0.4, -0.2) is 23.4 Å². The fourth-order valence-corrected chi connectivity index (χ4v) is 2.72. The summed E-state index contributed by atoms with van der Waals surface area (Å²) in [6.07, 6.45) is 3.67. The second-order valence-corrected chi connectivity index (χ2v) is 5.08. The molecular formula is C14H18N2O. The van der Waals surface area contributed by atoms with Gasteiger partial charge >= 0.3 is 0 Å². The van der Waals surface area contributed by atoms with Crippen molar-refractivity contribution in [2.75, 3.05) is 6.54 Å². The monoisotopic (exact) mass is 230 g/mol. The molecule has 1 aromatic carbocycles. The molecule has 2 aliphatic rings. The first-order valence-corrected chi connectivity index (χ1v) is 6.37. The Labute approximate surface area is 102 Å². The standard InChI is InChI=1S/C14H18N2O/c1-10-4-2-5-11(8-10)14-15-9-13(17)16(14)12-6-3-7-12/h2,4-5,8,12,14-15H,3,6-7,9H2,1H3. The number of benzene rings is 1. The molecule has 90 valence electrons. The van der Waals surface area contributed by atoms with Crippen molar-refractivity contribution in [3.05, 3.63) is 35.4 Å². The Kier molecular flexibility index (Phi) is 2.63. The topological polar surface area (TPSA) is 32.3 Å². The van der Waals surface area contributed by atoms with Crippen LogP contribution in [0.3, 0.4) is 0 Å². The number of rotatable bonds is 2. The average molecular weight is 230 g/mol. The lowest BCUT2D eigenvalue weighted by Gasteiger charge is -2.38. The van der Waals surface area contributed by atoms with Gasteiger partial charge in [-0.2, -0.15) is 0 Å². The van der Waals surface area contributed by atoms with Crippen LogP contribution in [0.4, 0.5) is 0 Å². The number of amides is 1. The van der Waals surface area contributed by atoms with Gasteiger partial charge in [-0.05, 0) is 31.7 Å². The average Bonchev–Trinajstić information content (AvgIpc) is 2.59. The van der Waals surface area contributed by atoms with Gasteiger partial charge in [0.05, 0.1) is 6.54 Å². The molecule has 3 nitrogen and oxygen atoms in total. The second kappa shape index (κ2) is 4.15. The van der Waals surface area contributed by atoms with Crippen molar-refractivity contribution in [3.8, 4) is 0 Å². The van der Waals surface area contributed by atoms with Crippen molar-refractivity contribution in [3.63, 3.8) is 0 Å². The van der Waals surface area contributed by atoms with E-state index in [1.165, 1.54) is 17.5 Å². The number of aryl methyl sites for hydroxylation is 1. The van der Waals surface area contributed by atoms with Gasteiger partial charge in [0.15, 0.2) is 0 Å². The fourth-order valence-electron chi connectivity index (χ4n) is 2.72. The van der Waals surface area contributed by atoms with Crippen molar-refractivity contribution in [2.45, 2.75) is 38.4 Å². The quantitative estimate of drug-likeness (QED) is 0.842. The summed E-state index contributed by atoms with van der Waals surface area (Å²) < 4.78 is 0. The smallest absolute Gasteiger partial charge is 0.238 e. The fraction of sp³-hybridized carbons (Fsp3) is 0.500. The minimum Gasteiger partial charge on any atom is -0.319 e. The maximum absolute atomic E-state index is 11.9. The Morgan fingerprint density at radius 2 is 2.18 bits per heavy atom. The summed E-state index contributed by atoms with van der Waals surface area (Å²) in [5, 5.41) is 3.33. The van der Waals surface area contributed by atoms with E-state index in [4.69, 9.17) is 0 Å². The summed E-state index contributed by atoms with van der Waals surface area (Å²) in [6.45, 7) is 2.57. The maximum atomic E-state index is 11.9. The lowest BCUT2D eigenvalue weighted by Crippen LogP contribution is -2.43. The Morgan fingerprint density at radius 3 is 2.82 bits per heavy atom. The van der Waals surface area contributed by atoms with Crippen LogP contribution < -0.4 is 5.32 Å². The first kappa shape index (κ1) is 10.8. The summed E-state index contributed by atoms with van der Waals surface area (Å²) in [5.41, 5.74) is 2.46. The summed E-state index contributed by atoms with van der Waals surface area (Å²) in [5.74, 6) is 0.251. The van der Waals surface area contributed by atoms with Crippen molar-refractivity contribution < 1.29 is 4.79 Å². The Bertz CT molecular complexity index is 440. The zero-order chi connectivity index (χ0) is 11.8. The Morgan fingerprint density at radius 1 is 1.35 bits per heavy atom.